The second-order valence-electron chi connectivity index (χ2n) is 4.10. The summed E-state index contributed by atoms with van der Waals surface area (Å²) in [5.41, 5.74) is 1.18. The Morgan fingerprint density at radius 2 is 2.19 bits per heavy atom. The molecule has 1 heterocycles. The molecular formula is C12H24N4. The monoisotopic (exact) mass is 224 g/mol. The maximum absolute atomic E-state index is 4.66. The van der Waals surface area contributed by atoms with Gasteiger partial charge in [-0.15, -0.1) is 0 Å². The molecule has 4 nitrogen and oxygen atoms in total. The number of hydrogen-bond acceptors (Lipinski definition) is 3. The molecule has 92 valence electrons. The van der Waals surface area contributed by atoms with Gasteiger partial charge in [-0.3, -0.25) is 0 Å². The standard InChI is InChI=1S/C12H24N4/c1-5-8-16-10-11(6-2)14-12(16)15(4)9-7-13-3/h10,13H,5-9H2,1-4H3. The van der Waals surface area contributed by atoms with Crippen LogP contribution in [0.25, 0.3) is 0 Å². The first kappa shape index (κ1) is 13.0. The Hall–Kier alpha value is -1.03. The third-order valence-electron chi connectivity index (χ3n) is 2.67. The molecule has 4 heteroatoms. The highest BCUT2D eigenvalue weighted by Crippen LogP contribution is 2.14. The lowest BCUT2D eigenvalue weighted by molar-refractivity contribution is 0.655. The van der Waals surface area contributed by atoms with E-state index >= 15 is 0 Å². The van der Waals surface area contributed by atoms with E-state index < -0.39 is 0 Å². The highest BCUT2D eigenvalue weighted by Gasteiger charge is 2.10. The van der Waals surface area contributed by atoms with Gasteiger partial charge < -0.3 is 14.8 Å². The fraction of sp³-hybridized carbons (Fsp3) is 0.750. The number of anilines is 1. The lowest BCUT2D eigenvalue weighted by Gasteiger charge is -2.19. The summed E-state index contributed by atoms with van der Waals surface area (Å²) in [5.74, 6) is 1.09. The van der Waals surface area contributed by atoms with Crippen molar-refractivity contribution in [2.24, 2.45) is 0 Å². The van der Waals surface area contributed by atoms with Gasteiger partial charge in [-0.05, 0) is 19.9 Å². The van der Waals surface area contributed by atoms with Crippen molar-refractivity contribution in [2.45, 2.75) is 33.2 Å². The fourth-order valence-electron chi connectivity index (χ4n) is 1.72. The zero-order valence-corrected chi connectivity index (χ0v) is 11.0. The topological polar surface area (TPSA) is 33.1 Å². The number of likely N-dealkylation sites (N-methyl/N-ethyl adjacent to an activating group) is 2. The molecule has 0 aliphatic rings. The van der Waals surface area contributed by atoms with E-state index in [9.17, 15) is 0 Å². The molecule has 1 aromatic rings. The molecule has 0 fully saturated rings. The molecule has 0 aliphatic heterocycles. The van der Waals surface area contributed by atoms with Gasteiger partial charge in [0.25, 0.3) is 0 Å². The average Bonchev–Trinajstić information content (AvgIpc) is 2.70. The van der Waals surface area contributed by atoms with Crippen LogP contribution in [0.15, 0.2) is 6.20 Å². The van der Waals surface area contributed by atoms with Gasteiger partial charge in [0.1, 0.15) is 0 Å². The quantitative estimate of drug-likeness (QED) is 0.762. The molecule has 0 spiro atoms. The van der Waals surface area contributed by atoms with E-state index in [1.165, 1.54) is 5.69 Å². The van der Waals surface area contributed by atoms with Gasteiger partial charge in [0, 0.05) is 32.9 Å². The van der Waals surface area contributed by atoms with Crippen molar-refractivity contribution in [1.29, 1.82) is 0 Å². The van der Waals surface area contributed by atoms with E-state index in [0.29, 0.717) is 0 Å². The molecule has 0 aromatic carbocycles. The van der Waals surface area contributed by atoms with Crippen LogP contribution >= 0.6 is 0 Å². The first-order valence-electron chi connectivity index (χ1n) is 6.14. The number of hydrogen-bond donors (Lipinski definition) is 1. The second-order valence-corrected chi connectivity index (χ2v) is 4.10. The third-order valence-corrected chi connectivity index (χ3v) is 2.67. The van der Waals surface area contributed by atoms with Gasteiger partial charge in [0.05, 0.1) is 5.69 Å². The Labute approximate surface area is 98.7 Å². The predicted octanol–water partition coefficient (Wildman–Crippen LogP) is 1.51. The van der Waals surface area contributed by atoms with Crippen LogP contribution in [0.3, 0.4) is 0 Å². The second kappa shape index (κ2) is 6.53. The SMILES string of the molecule is CCCn1cc(CC)nc1N(C)CCNC. The number of aromatic nitrogens is 2. The lowest BCUT2D eigenvalue weighted by atomic mass is 10.4. The number of rotatable bonds is 7. The Bertz CT molecular complexity index is 306. The molecule has 0 amide bonds. The summed E-state index contributed by atoms with van der Waals surface area (Å²) in [5, 5.41) is 3.16. The van der Waals surface area contributed by atoms with Gasteiger partial charge in [-0.2, -0.15) is 0 Å². The van der Waals surface area contributed by atoms with Crippen LogP contribution in [0.2, 0.25) is 0 Å². The number of aryl methyl sites for hydroxylation is 2. The molecule has 0 saturated heterocycles. The van der Waals surface area contributed by atoms with Crippen LogP contribution in [-0.2, 0) is 13.0 Å². The lowest BCUT2D eigenvalue weighted by Crippen LogP contribution is -2.29. The van der Waals surface area contributed by atoms with E-state index in [1.54, 1.807) is 0 Å². The van der Waals surface area contributed by atoms with Gasteiger partial charge in [-0.25, -0.2) is 4.98 Å². The molecule has 1 rings (SSSR count). The van der Waals surface area contributed by atoms with E-state index in [0.717, 1.165) is 38.4 Å². The molecular weight excluding hydrogens is 200 g/mol. The highest BCUT2D eigenvalue weighted by molar-refractivity contribution is 5.32. The molecule has 16 heavy (non-hydrogen) atoms. The van der Waals surface area contributed by atoms with Gasteiger partial charge in [0.15, 0.2) is 0 Å². The Morgan fingerprint density at radius 1 is 1.44 bits per heavy atom. The number of nitrogens with zero attached hydrogens (tertiary/aromatic N) is 3. The van der Waals surface area contributed by atoms with E-state index in [4.69, 9.17) is 0 Å². The van der Waals surface area contributed by atoms with Crippen molar-refractivity contribution in [3.05, 3.63) is 11.9 Å². The fourth-order valence-corrected chi connectivity index (χ4v) is 1.72. The van der Waals surface area contributed by atoms with Crippen molar-refractivity contribution in [2.75, 3.05) is 32.1 Å². The minimum absolute atomic E-state index is 0.983. The van der Waals surface area contributed by atoms with Crippen molar-refractivity contribution in [1.82, 2.24) is 14.9 Å². The minimum atomic E-state index is 0.983. The largest absolute Gasteiger partial charge is 0.344 e. The summed E-state index contributed by atoms with van der Waals surface area (Å²) in [7, 11) is 4.08. The zero-order chi connectivity index (χ0) is 12.0. The van der Waals surface area contributed by atoms with E-state index in [2.05, 4.69) is 46.9 Å². The molecule has 1 N–H and O–H groups in total. The van der Waals surface area contributed by atoms with Crippen LogP contribution in [0.4, 0.5) is 5.95 Å². The van der Waals surface area contributed by atoms with E-state index in [-0.39, 0.29) is 0 Å². The highest BCUT2D eigenvalue weighted by atomic mass is 15.3. The smallest absolute Gasteiger partial charge is 0.205 e. The Kier molecular flexibility index (Phi) is 5.32. The first-order valence-corrected chi connectivity index (χ1v) is 6.14. The van der Waals surface area contributed by atoms with Gasteiger partial charge in [0.2, 0.25) is 5.95 Å². The van der Waals surface area contributed by atoms with Crippen molar-refractivity contribution in [3.63, 3.8) is 0 Å². The maximum Gasteiger partial charge on any atom is 0.205 e. The van der Waals surface area contributed by atoms with Crippen LogP contribution in [0.1, 0.15) is 26.0 Å². The van der Waals surface area contributed by atoms with Crippen molar-refractivity contribution in [3.8, 4) is 0 Å². The van der Waals surface area contributed by atoms with E-state index in [1.807, 2.05) is 7.05 Å². The maximum atomic E-state index is 4.66. The molecule has 0 atom stereocenters. The average molecular weight is 224 g/mol. The van der Waals surface area contributed by atoms with Crippen LogP contribution in [0.5, 0.6) is 0 Å². The van der Waals surface area contributed by atoms with Crippen LogP contribution in [-0.4, -0.2) is 36.7 Å². The Balaban J connectivity index is 2.78. The molecule has 0 unspecified atom stereocenters. The van der Waals surface area contributed by atoms with Crippen molar-refractivity contribution >= 4 is 5.95 Å². The zero-order valence-electron chi connectivity index (χ0n) is 11.0. The first-order chi connectivity index (χ1) is 7.72. The van der Waals surface area contributed by atoms with Gasteiger partial charge in [-0.1, -0.05) is 13.8 Å². The summed E-state index contributed by atoms with van der Waals surface area (Å²) in [6, 6.07) is 0. The van der Waals surface area contributed by atoms with Gasteiger partial charge >= 0.3 is 0 Å². The summed E-state index contributed by atoms with van der Waals surface area (Å²) < 4.78 is 2.26. The molecule has 0 radical (unpaired) electrons. The number of imidazole rings is 1. The summed E-state index contributed by atoms with van der Waals surface area (Å²) in [6.07, 6.45) is 4.32. The minimum Gasteiger partial charge on any atom is -0.344 e. The summed E-state index contributed by atoms with van der Waals surface area (Å²) in [4.78, 5) is 6.87. The normalized spacial score (nSPS) is 10.8. The molecule has 1 aromatic heterocycles. The molecule has 0 bridgehead atoms. The molecule has 0 aliphatic carbocycles. The van der Waals surface area contributed by atoms with Crippen LogP contribution < -0.4 is 10.2 Å². The number of nitrogens with one attached hydrogen (secondary N) is 1. The predicted molar refractivity (Wildman–Crippen MR) is 69.1 cm³/mol. The molecule has 0 saturated carbocycles. The van der Waals surface area contributed by atoms with Crippen LogP contribution in [0, 0.1) is 0 Å². The van der Waals surface area contributed by atoms with Crippen molar-refractivity contribution < 1.29 is 0 Å². The Morgan fingerprint density at radius 3 is 2.75 bits per heavy atom. The third kappa shape index (κ3) is 3.23. The summed E-state index contributed by atoms with van der Waals surface area (Å²) in [6.45, 7) is 7.36. The summed E-state index contributed by atoms with van der Waals surface area (Å²) >= 11 is 0.